The van der Waals surface area contributed by atoms with Crippen molar-refractivity contribution in [2.75, 3.05) is 27.7 Å². The fraction of sp³-hybridized carbons (Fsp3) is 0.381. The highest BCUT2D eigenvalue weighted by molar-refractivity contribution is 5.83. The van der Waals surface area contributed by atoms with Crippen LogP contribution >= 0.6 is 0 Å². The van der Waals surface area contributed by atoms with E-state index in [1.54, 1.807) is 0 Å². The molecule has 0 radical (unpaired) electrons. The number of nitrogens with one attached hydrogen (secondary N) is 1. The van der Waals surface area contributed by atoms with Crippen molar-refractivity contribution in [3.8, 4) is 0 Å². The average molecular weight is 483 g/mol. The lowest BCUT2D eigenvalue weighted by atomic mass is 10.1. The molecule has 3 aromatic rings. The lowest BCUT2D eigenvalue weighted by molar-refractivity contribution is -0.873. The van der Waals surface area contributed by atoms with Crippen molar-refractivity contribution in [1.82, 2.24) is 4.98 Å². The first-order valence-electron chi connectivity index (χ1n) is 8.86. The molecule has 2 aromatic heterocycles. The quantitative estimate of drug-likeness (QED) is 0.280. The fourth-order valence-corrected chi connectivity index (χ4v) is 3.27. The number of benzene rings is 1. The Balaban J connectivity index is 0.00000169. The van der Waals surface area contributed by atoms with Gasteiger partial charge in [-0.2, -0.15) is 0 Å². The van der Waals surface area contributed by atoms with E-state index in [1.807, 2.05) is 0 Å². The minimum Gasteiger partial charge on any atom is -1.00 e. The van der Waals surface area contributed by atoms with Crippen LogP contribution in [0.1, 0.15) is 17.7 Å². The van der Waals surface area contributed by atoms with E-state index >= 15 is 0 Å². The first kappa shape index (κ1) is 22.9. The van der Waals surface area contributed by atoms with Crippen LogP contribution in [0.2, 0.25) is 0 Å². The normalized spacial score (nSPS) is 11.0. The van der Waals surface area contributed by atoms with Crippen LogP contribution in [0.5, 0.6) is 0 Å². The summed E-state index contributed by atoms with van der Waals surface area (Å²) >= 11 is 0. The van der Waals surface area contributed by atoms with Gasteiger partial charge in [-0.1, -0.05) is 24.3 Å². The Morgan fingerprint density at radius 3 is 2.42 bits per heavy atom. The minimum atomic E-state index is 0. The zero-order valence-electron chi connectivity index (χ0n) is 15.9. The van der Waals surface area contributed by atoms with Crippen LogP contribution in [-0.4, -0.2) is 37.2 Å². The summed E-state index contributed by atoms with van der Waals surface area (Å²) in [5.74, 6) is 0. The molecular formula is C21H29Br2N3. The molecule has 0 amide bonds. The second-order valence-electron chi connectivity index (χ2n) is 7.61. The summed E-state index contributed by atoms with van der Waals surface area (Å²) in [6, 6.07) is 15.1. The maximum absolute atomic E-state index is 3.38. The molecule has 26 heavy (non-hydrogen) atoms. The van der Waals surface area contributed by atoms with Crippen LogP contribution in [-0.2, 0) is 19.4 Å². The monoisotopic (exact) mass is 481 g/mol. The number of quaternary nitrogens is 1. The van der Waals surface area contributed by atoms with Gasteiger partial charge in [0, 0.05) is 35.7 Å². The molecule has 0 fully saturated rings. The smallest absolute Gasteiger partial charge is 0.181 e. The summed E-state index contributed by atoms with van der Waals surface area (Å²) in [6.07, 6.45) is 7.74. The zero-order chi connectivity index (χ0) is 17.0. The molecule has 5 heteroatoms. The number of aromatic nitrogens is 2. The van der Waals surface area contributed by atoms with Crippen LogP contribution < -0.4 is 38.5 Å². The number of pyridine rings is 1. The number of aryl methyl sites for hydroxylation is 3. The molecule has 0 spiro atoms. The van der Waals surface area contributed by atoms with Gasteiger partial charge in [0.05, 0.1) is 34.1 Å². The molecule has 1 aromatic carbocycles. The summed E-state index contributed by atoms with van der Waals surface area (Å²) < 4.78 is 3.45. The fourth-order valence-electron chi connectivity index (χ4n) is 3.27. The molecule has 2 heterocycles. The summed E-state index contributed by atoms with van der Waals surface area (Å²) in [7, 11) is 6.77. The second kappa shape index (κ2) is 10.2. The molecule has 0 atom stereocenters. The van der Waals surface area contributed by atoms with E-state index in [1.165, 1.54) is 35.1 Å². The van der Waals surface area contributed by atoms with Gasteiger partial charge in [-0.15, -0.1) is 0 Å². The number of H-pyrrole nitrogens is 1. The van der Waals surface area contributed by atoms with Gasteiger partial charge in [-0.25, -0.2) is 4.57 Å². The lowest BCUT2D eigenvalue weighted by Gasteiger charge is -2.23. The maximum Gasteiger partial charge on any atom is 0.181 e. The molecule has 1 N–H and O–H groups in total. The van der Waals surface area contributed by atoms with E-state index in [2.05, 4.69) is 85.6 Å². The Morgan fingerprint density at radius 1 is 0.923 bits per heavy atom. The lowest BCUT2D eigenvalue weighted by Crippen LogP contribution is -3.00. The van der Waals surface area contributed by atoms with Gasteiger partial charge in [-0.05, 0) is 18.1 Å². The molecule has 0 aliphatic heterocycles. The number of aromatic amines is 1. The van der Waals surface area contributed by atoms with Gasteiger partial charge in [0.25, 0.3) is 0 Å². The van der Waals surface area contributed by atoms with E-state index in [0.717, 1.165) is 23.9 Å². The van der Waals surface area contributed by atoms with E-state index in [4.69, 9.17) is 0 Å². The third-order valence-corrected chi connectivity index (χ3v) is 4.59. The summed E-state index contributed by atoms with van der Waals surface area (Å²) in [4.78, 5) is 3.38. The van der Waals surface area contributed by atoms with Gasteiger partial charge < -0.3 is 43.4 Å². The van der Waals surface area contributed by atoms with Crippen LogP contribution in [0.15, 0.2) is 54.9 Å². The van der Waals surface area contributed by atoms with Crippen molar-refractivity contribution in [2.24, 2.45) is 0 Å². The topological polar surface area (TPSA) is 19.7 Å². The van der Waals surface area contributed by atoms with Gasteiger partial charge in [0.15, 0.2) is 18.4 Å². The van der Waals surface area contributed by atoms with Crippen LogP contribution in [0.4, 0.5) is 0 Å². The number of para-hydroxylation sites is 1. The molecule has 0 aliphatic carbocycles. The third-order valence-electron chi connectivity index (χ3n) is 4.59. The first-order chi connectivity index (χ1) is 11.5. The Labute approximate surface area is 178 Å². The number of fused-ring (bicyclic) bond motifs is 1. The molecule has 3 rings (SSSR count). The number of rotatable bonds is 7. The van der Waals surface area contributed by atoms with Crippen molar-refractivity contribution in [3.63, 3.8) is 0 Å². The van der Waals surface area contributed by atoms with Gasteiger partial charge in [0.2, 0.25) is 0 Å². The Hall–Kier alpha value is -1.17. The highest BCUT2D eigenvalue weighted by Crippen LogP contribution is 2.19. The molecule has 142 valence electrons. The van der Waals surface area contributed by atoms with Crippen molar-refractivity contribution < 1.29 is 43.0 Å². The Bertz CT molecular complexity index is 806. The summed E-state index contributed by atoms with van der Waals surface area (Å²) in [5.41, 5.74) is 4.06. The number of hydrogen-bond acceptors (Lipinski definition) is 0. The molecular weight excluding hydrogens is 454 g/mol. The van der Waals surface area contributed by atoms with Crippen LogP contribution in [0, 0.1) is 0 Å². The van der Waals surface area contributed by atoms with Crippen molar-refractivity contribution in [3.05, 3.63) is 66.1 Å². The standard InChI is InChI=1S/C21H29N3.2BrH/c1-24(2,3)16-8-15-23-14-7-6-9-19(23)13-12-18-17-22-21-11-5-4-10-20(18)21;;/h4-7,9-11,14,17,22H,8,12-13,15-16H2,1-3H3;2*1H/q+2;;/p-2. The molecule has 0 saturated carbocycles. The third kappa shape index (κ3) is 6.22. The summed E-state index contributed by atoms with van der Waals surface area (Å²) in [5, 5.41) is 1.35. The number of nitrogens with zero attached hydrogens (tertiary/aromatic N) is 2. The molecule has 0 bridgehead atoms. The highest BCUT2D eigenvalue weighted by atomic mass is 79.9. The second-order valence-corrected chi connectivity index (χ2v) is 7.61. The maximum atomic E-state index is 3.38. The Kier molecular flexibility index (Phi) is 9.01. The molecule has 0 aliphatic rings. The van der Waals surface area contributed by atoms with Gasteiger partial charge in [0.1, 0.15) is 0 Å². The van der Waals surface area contributed by atoms with Crippen LogP contribution in [0.3, 0.4) is 0 Å². The summed E-state index contributed by atoms with van der Waals surface area (Å²) in [6.45, 7) is 2.30. The number of halogens is 2. The van der Waals surface area contributed by atoms with Crippen molar-refractivity contribution >= 4 is 10.9 Å². The minimum absolute atomic E-state index is 0. The molecule has 3 nitrogen and oxygen atoms in total. The zero-order valence-corrected chi connectivity index (χ0v) is 19.1. The highest BCUT2D eigenvalue weighted by Gasteiger charge is 2.13. The Morgan fingerprint density at radius 2 is 1.65 bits per heavy atom. The SMILES string of the molecule is C[N+](C)(C)CCC[n+]1ccccc1CCc1c[nH]c2ccccc12.[Br-].[Br-]. The number of hydrogen-bond donors (Lipinski definition) is 1. The van der Waals surface area contributed by atoms with Gasteiger partial charge in [-0.3, -0.25) is 0 Å². The predicted octanol–water partition coefficient (Wildman–Crippen LogP) is -2.66. The van der Waals surface area contributed by atoms with Crippen molar-refractivity contribution in [2.45, 2.75) is 25.8 Å². The van der Waals surface area contributed by atoms with E-state index in [-0.39, 0.29) is 34.0 Å². The van der Waals surface area contributed by atoms with E-state index < -0.39 is 0 Å². The molecule has 0 saturated heterocycles. The van der Waals surface area contributed by atoms with E-state index in [9.17, 15) is 0 Å². The largest absolute Gasteiger partial charge is 1.00 e. The van der Waals surface area contributed by atoms with Gasteiger partial charge >= 0.3 is 0 Å². The van der Waals surface area contributed by atoms with Crippen molar-refractivity contribution in [1.29, 1.82) is 0 Å². The predicted molar refractivity (Wildman–Crippen MR) is 99.9 cm³/mol. The first-order valence-corrected chi connectivity index (χ1v) is 8.86. The van der Waals surface area contributed by atoms with E-state index in [0.29, 0.717) is 0 Å². The average Bonchev–Trinajstić information content (AvgIpc) is 2.96. The molecule has 0 unspecified atom stereocenters. The van der Waals surface area contributed by atoms with Crippen LogP contribution in [0.25, 0.3) is 10.9 Å².